The van der Waals surface area contributed by atoms with Crippen LogP contribution in [0.1, 0.15) is 19.3 Å². The van der Waals surface area contributed by atoms with Crippen molar-refractivity contribution in [2.24, 2.45) is 11.8 Å². The molecule has 1 heterocycles. The summed E-state index contributed by atoms with van der Waals surface area (Å²) in [6.45, 7) is 2.16. The minimum Gasteiger partial charge on any atom is -0.384 e. The molecule has 1 aliphatic carbocycles. The van der Waals surface area contributed by atoms with E-state index in [1.54, 1.807) is 0 Å². The Morgan fingerprint density at radius 1 is 1.19 bits per heavy atom. The summed E-state index contributed by atoms with van der Waals surface area (Å²) in [5, 5.41) is 8.82. The second-order valence-corrected chi connectivity index (χ2v) is 6.35. The molecule has 0 aliphatic heterocycles. The van der Waals surface area contributed by atoms with Gasteiger partial charge in [0.2, 0.25) is 0 Å². The van der Waals surface area contributed by atoms with E-state index in [9.17, 15) is 0 Å². The molecule has 21 heavy (non-hydrogen) atoms. The van der Waals surface area contributed by atoms with Crippen molar-refractivity contribution in [3.63, 3.8) is 0 Å². The van der Waals surface area contributed by atoms with Crippen LogP contribution in [-0.4, -0.2) is 25.1 Å². The van der Waals surface area contributed by atoms with Gasteiger partial charge < -0.3 is 10.6 Å². The van der Waals surface area contributed by atoms with Gasteiger partial charge in [0.25, 0.3) is 0 Å². The van der Waals surface area contributed by atoms with Crippen molar-refractivity contribution < 1.29 is 0 Å². The molecule has 3 nitrogen and oxygen atoms in total. The first kappa shape index (κ1) is 14.6. The van der Waals surface area contributed by atoms with E-state index in [0.717, 1.165) is 46.5 Å². The highest BCUT2D eigenvalue weighted by atomic mass is 35.5. The SMILES string of the molecule is CNCC1CCCC1CNc1ccnc2cc(Cl)ccc12. The van der Waals surface area contributed by atoms with Crippen LogP contribution in [0.5, 0.6) is 0 Å². The predicted molar refractivity (Wildman–Crippen MR) is 90.0 cm³/mol. The summed E-state index contributed by atoms with van der Waals surface area (Å²) in [6, 6.07) is 7.95. The van der Waals surface area contributed by atoms with Gasteiger partial charge in [0.15, 0.2) is 0 Å². The van der Waals surface area contributed by atoms with Gasteiger partial charge in [0, 0.05) is 28.8 Å². The van der Waals surface area contributed by atoms with Gasteiger partial charge in [-0.1, -0.05) is 18.0 Å². The molecule has 3 rings (SSSR count). The Labute approximate surface area is 131 Å². The number of hydrogen-bond donors (Lipinski definition) is 2. The largest absolute Gasteiger partial charge is 0.384 e. The minimum absolute atomic E-state index is 0.733. The van der Waals surface area contributed by atoms with Gasteiger partial charge in [0.1, 0.15) is 0 Å². The first-order chi connectivity index (χ1) is 10.3. The molecule has 1 saturated carbocycles. The summed E-state index contributed by atoms with van der Waals surface area (Å²) in [5.74, 6) is 1.55. The van der Waals surface area contributed by atoms with Crippen LogP contribution in [0.25, 0.3) is 10.9 Å². The lowest BCUT2D eigenvalue weighted by molar-refractivity contribution is 0.392. The Balaban J connectivity index is 1.73. The molecule has 4 heteroatoms. The molecule has 0 saturated heterocycles. The number of pyridine rings is 1. The summed E-state index contributed by atoms with van der Waals surface area (Å²) < 4.78 is 0. The second kappa shape index (κ2) is 6.63. The van der Waals surface area contributed by atoms with Crippen molar-refractivity contribution in [1.82, 2.24) is 10.3 Å². The third-order valence-electron chi connectivity index (χ3n) is 4.54. The first-order valence-corrected chi connectivity index (χ1v) is 8.08. The van der Waals surface area contributed by atoms with Crippen LogP contribution in [0.3, 0.4) is 0 Å². The van der Waals surface area contributed by atoms with E-state index in [1.807, 2.05) is 31.4 Å². The molecular formula is C17H22ClN3. The quantitative estimate of drug-likeness (QED) is 0.878. The Morgan fingerprint density at radius 3 is 2.81 bits per heavy atom. The molecule has 2 N–H and O–H groups in total. The average molecular weight is 304 g/mol. The molecule has 0 radical (unpaired) electrons. The van der Waals surface area contributed by atoms with E-state index in [2.05, 4.69) is 21.7 Å². The number of hydrogen-bond acceptors (Lipinski definition) is 3. The molecule has 0 amide bonds. The summed E-state index contributed by atoms with van der Waals surface area (Å²) in [4.78, 5) is 4.39. The van der Waals surface area contributed by atoms with Crippen LogP contribution >= 0.6 is 11.6 Å². The first-order valence-electron chi connectivity index (χ1n) is 7.70. The van der Waals surface area contributed by atoms with Gasteiger partial charge in [-0.2, -0.15) is 0 Å². The van der Waals surface area contributed by atoms with Crippen molar-refractivity contribution in [2.75, 3.05) is 25.5 Å². The van der Waals surface area contributed by atoms with Crippen LogP contribution in [0, 0.1) is 11.8 Å². The average Bonchev–Trinajstić information content (AvgIpc) is 2.92. The smallest absolute Gasteiger partial charge is 0.0737 e. The number of benzene rings is 1. The summed E-state index contributed by atoms with van der Waals surface area (Å²) in [5.41, 5.74) is 2.11. The molecular weight excluding hydrogens is 282 g/mol. The lowest BCUT2D eigenvalue weighted by atomic mass is 9.96. The number of halogens is 1. The van der Waals surface area contributed by atoms with Gasteiger partial charge in [-0.05, 0) is 62.5 Å². The molecule has 2 unspecified atom stereocenters. The van der Waals surface area contributed by atoms with E-state index in [-0.39, 0.29) is 0 Å². The standard InChI is InChI=1S/C17H22ClN3/c1-19-10-12-3-2-4-13(12)11-21-16-7-8-20-17-9-14(18)5-6-15(16)17/h5-9,12-13,19H,2-4,10-11H2,1H3,(H,20,21). The Hall–Kier alpha value is -1.32. The fourth-order valence-corrected chi connectivity index (χ4v) is 3.60. The fraction of sp³-hybridized carbons (Fsp3) is 0.471. The lowest BCUT2D eigenvalue weighted by Gasteiger charge is -2.20. The van der Waals surface area contributed by atoms with Crippen molar-refractivity contribution in [2.45, 2.75) is 19.3 Å². The number of nitrogens with zero attached hydrogens (tertiary/aromatic N) is 1. The fourth-order valence-electron chi connectivity index (χ4n) is 3.43. The van der Waals surface area contributed by atoms with Gasteiger partial charge in [-0.25, -0.2) is 0 Å². The van der Waals surface area contributed by atoms with Gasteiger partial charge in [-0.3, -0.25) is 4.98 Å². The van der Waals surface area contributed by atoms with E-state index >= 15 is 0 Å². The number of anilines is 1. The summed E-state index contributed by atoms with van der Waals surface area (Å²) in [7, 11) is 2.04. The maximum atomic E-state index is 6.04. The monoisotopic (exact) mass is 303 g/mol. The lowest BCUT2D eigenvalue weighted by Crippen LogP contribution is -2.26. The van der Waals surface area contributed by atoms with E-state index in [1.165, 1.54) is 19.3 Å². The third-order valence-corrected chi connectivity index (χ3v) is 4.78. The summed E-state index contributed by atoms with van der Waals surface area (Å²) >= 11 is 6.04. The van der Waals surface area contributed by atoms with Gasteiger partial charge in [-0.15, -0.1) is 0 Å². The normalized spacial score (nSPS) is 21.8. The maximum absolute atomic E-state index is 6.04. The number of rotatable bonds is 5. The molecule has 1 aromatic heterocycles. The second-order valence-electron chi connectivity index (χ2n) is 5.91. The van der Waals surface area contributed by atoms with E-state index in [0.29, 0.717) is 0 Å². The minimum atomic E-state index is 0.733. The number of nitrogens with one attached hydrogen (secondary N) is 2. The van der Waals surface area contributed by atoms with Crippen LogP contribution in [0.2, 0.25) is 5.02 Å². The number of aromatic nitrogens is 1. The molecule has 2 aromatic rings. The van der Waals surface area contributed by atoms with Crippen molar-refractivity contribution in [3.8, 4) is 0 Å². The predicted octanol–water partition coefficient (Wildman–Crippen LogP) is 3.94. The van der Waals surface area contributed by atoms with E-state index < -0.39 is 0 Å². The van der Waals surface area contributed by atoms with Gasteiger partial charge >= 0.3 is 0 Å². The zero-order chi connectivity index (χ0) is 14.7. The van der Waals surface area contributed by atoms with Gasteiger partial charge in [0.05, 0.1) is 5.52 Å². The molecule has 1 fully saturated rings. The van der Waals surface area contributed by atoms with Crippen LogP contribution in [-0.2, 0) is 0 Å². The topological polar surface area (TPSA) is 37.0 Å². The molecule has 1 aromatic carbocycles. The maximum Gasteiger partial charge on any atom is 0.0737 e. The van der Waals surface area contributed by atoms with Crippen molar-refractivity contribution >= 4 is 28.2 Å². The van der Waals surface area contributed by atoms with Crippen molar-refractivity contribution in [3.05, 3.63) is 35.5 Å². The third kappa shape index (κ3) is 3.30. The van der Waals surface area contributed by atoms with Crippen LogP contribution in [0.15, 0.2) is 30.5 Å². The van der Waals surface area contributed by atoms with E-state index in [4.69, 9.17) is 11.6 Å². The zero-order valence-electron chi connectivity index (χ0n) is 12.4. The van der Waals surface area contributed by atoms with Crippen LogP contribution < -0.4 is 10.6 Å². The van der Waals surface area contributed by atoms with Crippen LogP contribution in [0.4, 0.5) is 5.69 Å². The molecule has 0 bridgehead atoms. The molecule has 0 spiro atoms. The molecule has 2 atom stereocenters. The highest BCUT2D eigenvalue weighted by Gasteiger charge is 2.26. The highest BCUT2D eigenvalue weighted by Crippen LogP contribution is 2.32. The molecule has 112 valence electrons. The zero-order valence-corrected chi connectivity index (χ0v) is 13.2. The number of fused-ring (bicyclic) bond motifs is 1. The highest BCUT2D eigenvalue weighted by molar-refractivity contribution is 6.31. The van der Waals surface area contributed by atoms with Crippen molar-refractivity contribution in [1.29, 1.82) is 0 Å². The Bertz CT molecular complexity index is 614. The molecule has 1 aliphatic rings. The Kier molecular flexibility index (Phi) is 4.61. The Morgan fingerprint density at radius 2 is 2.00 bits per heavy atom. The summed E-state index contributed by atoms with van der Waals surface area (Å²) in [6.07, 6.45) is 5.88.